The van der Waals surface area contributed by atoms with Gasteiger partial charge in [-0.1, -0.05) is 35.3 Å². The van der Waals surface area contributed by atoms with Crippen LogP contribution in [0.4, 0.5) is 0 Å². The Morgan fingerprint density at radius 1 is 1.50 bits per heavy atom. The molecule has 116 valence electrons. The van der Waals surface area contributed by atoms with Crippen LogP contribution in [0.25, 0.3) is 0 Å². The number of aliphatic imine (C=N–C) groups is 1. The highest BCUT2D eigenvalue weighted by atomic mass is 35.5. The van der Waals surface area contributed by atoms with Crippen LogP contribution in [0.5, 0.6) is 0 Å². The lowest BCUT2D eigenvalue weighted by molar-refractivity contribution is -0.514. The first-order chi connectivity index (χ1) is 10.5. The predicted molar refractivity (Wildman–Crippen MR) is 86.3 cm³/mol. The molecule has 1 atom stereocenters. The van der Waals surface area contributed by atoms with Crippen LogP contribution in [0, 0.1) is 10.1 Å². The van der Waals surface area contributed by atoms with Crippen molar-refractivity contribution in [1.29, 1.82) is 0 Å². The van der Waals surface area contributed by atoms with Crippen molar-refractivity contribution in [2.24, 2.45) is 10.8 Å². The average Bonchev–Trinajstić information content (AvgIpc) is 2.52. The van der Waals surface area contributed by atoms with Crippen molar-refractivity contribution in [1.82, 2.24) is 10.7 Å². The van der Waals surface area contributed by atoms with Gasteiger partial charge in [-0.25, -0.2) is 5.84 Å². The monoisotopic (exact) mass is 341 g/mol. The van der Waals surface area contributed by atoms with Crippen LogP contribution in [0.1, 0.15) is 5.56 Å². The first-order valence-corrected chi connectivity index (χ1v) is 7.00. The molecule has 9 heteroatoms. The van der Waals surface area contributed by atoms with Gasteiger partial charge in [0.25, 0.3) is 0 Å². The van der Waals surface area contributed by atoms with Gasteiger partial charge >= 0.3 is 6.17 Å². The highest BCUT2D eigenvalue weighted by Gasteiger charge is 2.16. The van der Waals surface area contributed by atoms with E-state index in [2.05, 4.69) is 15.7 Å². The van der Waals surface area contributed by atoms with Crippen LogP contribution in [-0.2, 0) is 0 Å². The van der Waals surface area contributed by atoms with Crippen molar-refractivity contribution in [2.45, 2.75) is 6.17 Å². The summed E-state index contributed by atoms with van der Waals surface area (Å²) >= 11 is 12.1. The standard InChI is InChI=1S/C13H13Cl2N5O2/c14-10-3-1-2-9(12(10)15)13(19-16)18-7-8-4-5-11(17-6-8)20(21)22/h1-6,11,17H,7,16H2,(H,18,19). The Labute approximate surface area is 136 Å². The van der Waals surface area contributed by atoms with Crippen molar-refractivity contribution in [3.05, 3.63) is 67.8 Å². The number of amidine groups is 1. The van der Waals surface area contributed by atoms with E-state index in [-0.39, 0.29) is 6.54 Å². The lowest BCUT2D eigenvalue weighted by Gasteiger charge is -2.12. The van der Waals surface area contributed by atoms with E-state index in [0.717, 1.165) is 5.57 Å². The van der Waals surface area contributed by atoms with E-state index < -0.39 is 11.1 Å². The zero-order chi connectivity index (χ0) is 16.1. The van der Waals surface area contributed by atoms with E-state index in [9.17, 15) is 10.1 Å². The van der Waals surface area contributed by atoms with E-state index in [1.165, 1.54) is 6.08 Å². The molecule has 0 amide bonds. The molecule has 7 nitrogen and oxygen atoms in total. The molecule has 0 aliphatic carbocycles. The molecule has 0 bridgehead atoms. The molecular weight excluding hydrogens is 329 g/mol. The minimum Gasteiger partial charge on any atom is -0.327 e. The molecule has 0 saturated heterocycles. The lowest BCUT2D eigenvalue weighted by Crippen LogP contribution is -2.33. The van der Waals surface area contributed by atoms with E-state index in [0.29, 0.717) is 21.4 Å². The van der Waals surface area contributed by atoms with E-state index in [1.54, 1.807) is 30.5 Å². The Kier molecular flexibility index (Phi) is 5.37. The summed E-state index contributed by atoms with van der Waals surface area (Å²) in [4.78, 5) is 14.5. The number of nitrogens with two attached hydrogens (primary N) is 1. The molecule has 0 radical (unpaired) electrons. The van der Waals surface area contributed by atoms with Crippen molar-refractivity contribution in [3.8, 4) is 0 Å². The maximum atomic E-state index is 10.6. The molecule has 1 aromatic rings. The Morgan fingerprint density at radius 2 is 2.27 bits per heavy atom. The summed E-state index contributed by atoms with van der Waals surface area (Å²) in [5.41, 5.74) is 3.82. The zero-order valence-corrected chi connectivity index (χ0v) is 12.8. The number of halogens is 2. The summed E-state index contributed by atoms with van der Waals surface area (Å²) in [6.07, 6.45) is 3.72. The van der Waals surface area contributed by atoms with E-state index in [4.69, 9.17) is 29.0 Å². The predicted octanol–water partition coefficient (Wildman–Crippen LogP) is 1.85. The molecule has 0 spiro atoms. The topological polar surface area (TPSA) is 106 Å². The third-order valence-corrected chi connectivity index (χ3v) is 3.74. The second-order valence-electron chi connectivity index (χ2n) is 4.39. The first kappa shape index (κ1) is 16.3. The van der Waals surface area contributed by atoms with Gasteiger partial charge in [0.2, 0.25) is 0 Å². The third-order valence-electron chi connectivity index (χ3n) is 2.92. The van der Waals surface area contributed by atoms with Crippen LogP contribution in [-0.4, -0.2) is 23.5 Å². The largest absolute Gasteiger partial charge is 0.327 e. The van der Waals surface area contributed by atoms with Crippen molar-refractivity contribution in [3.63, 3.8) is 0 Å². The second kappa shape index (κ2) is 7.26. The molecule has 22 heavy (non-hydrogen) atoms. The van der Waals surface area contributed by atoms with Crippen molar-refractivity contribution >= 4 is 29.0 Å². The number of hydrogen-bond acceptors (Lipinski definition) is 5. The summed E-state index contributed by atoms with van der Waals surface area (Å²) in [6, 6.07) is 5.13. The summed E-state index contributed by atoms with van der Waals surface area (Å²) < 4.78 is 0. The second-order valence-corrected chi connectivity index (χ2v) is 5.17. The van der Waals surface area contributed by atoms with Gasteiger partial charge in [-0.2, -0.15) is 0 Å². The summed E-state index contributed by atoms with van der Waals surface area (Å²) in [7, 11) is 0. The lowest BCUT2D eigenvalue weighted by atomic mass is 10.2. The maximum Gasteiger partial charge on any atom is 0.303 e. The van der Waals surface area contributed by atoms with Crippen LogP contribution < -0.4 is 16.6 Å². The van der Waals surface area contributed by atoms with Gasteiger partial charge < -0.3 is 10.7 Å². The molecule has 1 aliphatic heterocycles. The highest BCUT2D eigenvalue weighted by Crippen LogP contribution is 2.25. The van der Waals surface area contributed by atoms with Gasteiger partial charge in [0, 0.05) is 22.8 Å². The number of hydrogen-bond donors (Lipinski definition) is 3. The van der Waals surface area contributed by atoms with Gasteiger partial charge in [-0.05, 0) is 17.7 Å². The van der Waals surface area contributed by atoms with Crippen LogP contribution in [0.15, 0.2) is 47.1 Å². The maximum absolute atomic E-state index is 10.6. The molecule has 0 saturated carbocycles. The fourth-order valence-corrected chi connectivity index (χ4v) is 2.20. The van der Waals surface area contributed by atoms with Gasteiger partial charge in [-0.3, -0.25) is 15.1 Å². The molecule has 0 aromatic heterocycles. The Hall–Kier alpha value is -2.09. The number of benzene rings is 1. The molecule has 1 aliphatic rings. The smallest absolute Gasteiger partial charge is 0.303 e. The SMILES string of the molecule is NNC(=NCC1=CNC([N+](=O)[O-])C=C1)c1cccc(Cl)c1Cl. The summed E-state index contributed by atoms with van der Waals surface area (Å²) in [6.45, 7) is 0.274. The minimum atomic E-state index is -0.915. The Morgan fingerprint density at radius 3 is 2.86 bits per heavy atom. The third kappa shape index (κ3) is 3.76. The van der Waals surface area contributed by atoms with Crippen LogP contribution >= 0.6 is 23.2 Å². The fraction of sp³-hybridized carbons (Fsp3) is 0.154. The molecular formula is C13H13Cl2N5O2. The molecule has 1 aromatic carbocycles. The number of hydrazine groups is 1. The van der Waals surface area contributed by atoms with Gasteiger partial charge in [0.05, 0.1) is 16.6 Å². The number of nitrogens with zero attached hydrogens (tertiary/aromatic N) is 2. The van der Waals surface area contributed by atoms with Crippen LogP contribution in [0.3, 0.4) is 0 Å². The van der Waals surface area contributed by atoms with Crippen molar-refractivity contribution in [2.75, 3.05) is 6.54 Å². The number of nitro groups is 1. The highest BCUT2D eigenvalue weighted by molar-refractivity contribution is 6.44. The molecule has 0 fully saturated rings. The quantitative estimate of drug-likeness (QED) is 0.255. The first-order valence-electron chi connectivity index (χ1n) is 6.25. The Balaban J connectivity index is 2.13. The van der Waals surface area contributed by atoms with Crippen LogP contribution in [0.2, 0.25) is 10.0 Å². The normalized spacial score (nSPS) is 17.7. The molecule has 4 N–H and O–H groups in total. The van der Waals surface area contributed by atoms with E-state index in [1.807, 2.05) is 0 Å². The molecule has 1 unspecified atom stereocenters. The number of dihydropyridines is 1. The average molecular weight is 342 g/mol. The Bertz CT molecular complexity index is 672. The molecule has 2 rings (SSSR count). The zero-order valence-electron chi connectivity index (χ0n) is 11.3. The van der Waals surface area contributed by atoms with Gasteiger partial charge in [0.1, 0.15) is 5.84 Å². The van der Waals surface area contributed by atoms with Gasteiger partial charge in [-0.15, -0.1) is 0 Å². The molecule has 1 heterocycles. The van der Waals surface area contributed by atoms with E-state index >= 15 is 0 Å². The van der Waals surface area contributed by atoms with Gasteiger partial charge in [0.15, 0.2) is 0 Å². The summed E-state index contributed by atoms with van der Waals surface area (Å²) in [5.74, 6) is 5.85. The number of rotatable bonds is 4. The van der Waals surface area contributed by atoms with Crippen molar-refractivity contribution < 1.29 is 4.92 Å². The fourth-order valence-electron chi connectivity index (χ4n) is 1.81. The number of nitrogens with one attached hydrogen (secondary N) is 2. The minimum absolute atomic E-state index is 0.274. The summed E-state index contributed by atoms with van der Waals surface area (Å²) in [5, 5.41) is 14.0.